The standard InChI is InChI=1S/C13H15N3O2S/c1-2-10-6-7-11(14)9-12(10)19(17,18)16-13-5-3-4-8-15-13/h3-9H,2,14H2,1H3,(H,15,16). The van der Waals surface area contributed by atoms with E-state index >= 15 is 0 Å². The van der Waals surface area contributed by atoms with E-state index in [9.17, 15) is 8.42 Å². The highest BCUT2D eigenvalue weighted by Gasteiger charge is 2.18. The second-order valence-corrected chi connectivity index (χ2v) is 5.69. The number of aryl methyl sites for hydroxylation is 1. The summed E-state index contributed by atoms with van der Waals surface area (Å²) in [6, 6.07) is 9.90. The highest BCUT2D eigenvalue weighted by Crippen LogP contribution is 2.21. The van der Waals surface area contributed by atoms with Crippen LogP contribution in [0.4, 0.5) is 11.5 Å². The van der Waals surface area contributed by atoms with E-state index in [4.69, 9.17) is 5.73 Å². The van der Waals surface area contributed by atoms with Crippen LogP contribution in [0.1, 0.15) is 12.5 Å². The van der Waals surface area contributed by atoms with Crippen molar-refractivity contribution in [2.24, 2.45) is 0 Å². The van der Waals surface area contributed by atoms with Gasteiger partial charge in [-0.2, -0.15) is 0 Å². The van der Waals surface area contributed by atoms with E-state index in [0.29, 0.717) is 12.1 Å². The Kier molecular flexibility index (Phi) is 3.71. The van der Waals surface area contributed by atoms with Crippen molar-refractivity contribution < 1.29 is 8.42 Å². The number of nitrogens with two attached hydrogens (primary N) is 1. The van der Waals surface area contributed by atoms with Gasteiger partial charge < -0.3 is 5.73 Å². The molecule has 100 valence electrons. The van der Waals surface area contributed by atoms with Crippen LogP contribution in [0, 0.1) is 0 Å². The summed E-state index contributed by atoms with van der Waals surface area (Å²) < 4.78 is 27.1. The Morgan fingerprint density at radius 3 is 2.68 bits per heavy atom. The van der Waals surface area contributed by atoms with E-state index in [1.807, 2.05) is 6.92 Å². The van der Waals surface area contributed by atoms with Gasteiger partial charge in [-0.25, -0.2) is 13.4 Å². The lowest BCUT2D eigenvalue weighted by Gasteiger charge is -2.11. The van der Waals surface area contributed by atoms with Crippen molar-refractivity contribution in [3.63, 3.8) is 0 Å². The highest BCUT2D eigenvalue weighted by molar-refractivity contribution is 7.92. The molecular weight excluding hydrogens is 262 g/mol. The average molecular weight is 277 g/mol. The molecule has 0 atom stereocenters. The molecule has 0 aliphatic carbocycles. The number of nitrogens with one attached hydrogen (secondary N) is 1. The minimum absolute atomic E-state index is 0.195. The monoisotopic (exact) mass is 277 g/mol. The molecule has 0 aliphatic rings. The molecule has 0 amide bonds. The van der Waals surface area contributed by atoms with Gasteiger partial charge in [-0.3, -0.25) is 4.72 Å². The largest absolute Gasteiger partial charge is 0.399 e. The summed E-state index contributed by atoms with van der Waals surface area (Å²) in [7, 11) is -3.67. The van der Waals surface area contributed by atoms with E-state index < -0.39 is 10.0 Å². The Morgan fingerprint density at radius 2 is 2.05 bits per heavy atom. The van der Waals surface area contributed by atoms with Gasteiger partial charge in [0.05, 0.1) is 4.90 Å². The minimum Gasteiger partial charge on any atom is -0.399 e. The Morgan fingerprint density at radius 1 is 1.26 bits per heavy atom. The SMILES string of the molecule is CCc1ccc(N)cc1S(=O)(=O)Nc1ccccn1. The number of pyridine rings is 1. The molecule has 2 rings (SSSR count). The number of hydrogen-bond donors (Lipinski definition) is 2. The van der Waals surface area contributed by atoms with Gasteiger partial charge in [0.25, 0.3) is 10.0 Å². The zero-order valence-corrected chi connectivity index (χ0v) is 11.3. The topological polar surface area (TPSA) is 85.1 Å². The third-order valence-corrected chi connectivity index (χ3v) is 4.10. The molecule has 0 saturated heterocycles. The van der Waals surface area contributed by atoms with Gasteiger partial charge in [-0.05, 0) is 36.2 Å². The van der Waals surface area contributed by atoms with Crippen molar-refractivity contribution in [3.05, 3.63) is 48.2 Å². The van der Waals surface area contributed by atoms with Crippen molar-refractivity contribution in [1.29, 1.82) is 0 Å². The molecular formula is C13H15N3O2S. The van der Waals surface area contributed by atoms with E-state index in [2.05, 4.69) is 9.71 Å². The summed E-state index contributed by atoms with van der Waals surface area (Å²) in [5.74, 6) is 0.284. The number of aromatic nitrogens is 1. The molecule has 19 heavy (non-hydrogen) atoms. The fraction of sp³-hybridized carbons (Fsp3) is 0.154. The van der Waals surface area contributed by atoms with E-state index in [0.717, 1.165) is 5.56 Å². The lowest BCUT2D eigenvalue weighted by atomic mass is 10.1. The van der Waals surface area contributed by atoms with Crippen LogP contribution in [0.2, 0.25) is 0 Å². The van der Waals surface area contributed by atoms with E-state index in [1.165, 1.54) is 12.3 Å². The fourth-order valence-corrected chi connectivity index (χ4v) is 3.08. The second kappa shape index (κ2) is 5.27. The van der Waals surface area contributed by atoms with Crippen molar-refractivity contribution in [2.75, 3.05) is 10.5 Å². The lowest BCUT2D eigenvalue weighted by Crippen LogP contribution is -2.16. The normalized spacial score (nSPS) is 11.2. The number of rotatable bonds is 4. The molecule has 1 aromatic heterocycles. The number of nitrogens with zero attached hydrogens (tertiary/aromatic N) is 1. The molecule has 5 nitrogen and oxygen atoms in total. The number of benzene rings is 1. The van der Waals surface area contributed by atoms with Crippen LogP contribution in [-0.2, 0) is 16.4 Å². The molecule has 0 fully saturated rings. The Bertz CT molecular complexity index is 670. The van der Waals surface area contributed by atoms with Crippen molar-refractivity contribution in [3.8, 4) is 0 Å². The number of anilines is 2. The second-order valence-electron chi connectivity index (χ2n) is 4.04. The smallest absolute Gasteiger partial charge is 0.263 e. The zero-order valence-electron chi connectivity index (χ0n) is 10.5. The third-order valence-electron chi connectivity index (χ3n) is 2.67. The molecule has 0 bridgehead atoms. The van der Waals surface area contributed by atoms with Crippen LogP contribution in [-0.4, -0.2) is 13.4 Å². The average Bonchev–Trinajstić information content (AvgIpc) is 2.39. The van der Waals surface area contributed by atoms with Gasteiger partial charge in [-0.15, -0.1) is 0 Å². The number of nitrogen functional groups attached to an aromatic ring is 1. The van der Waals surface area contributed by atoms with Crippen LogP contribution >= 0.6 is 0 Å². The molecule has 1 aromatic carbocycles. The first-order valence-electron chi connectivity index (χ1n) is 5.85. The summed E-state index contributed by atoms with van der Waals surface area (Å²) >= 11 is 0. The summed E-state index contributed by atoms with van der Waals surface area (Å²) in [6.07, 6.45) is 2.14. The summed E-state index contributed by atoms with van der Waals surface area (Å²) in [6.45, 7) is 1.89. The van der Waals surface area contributed by atoms with Crippen LogP contribution in [0.25, 0.3) is 0 Å². The van der Waals surface area contributed by atoms with Crippen molar-refractivity contribution in [2.45, 2.75) is 18.2 Å². The van der Waals surface area contributed by atoms with Gasteiger partial charge in [0, 0.05) is 11.9 Å². The molecule has 0 spiro atoms. The summed E-state index contributed by atoms with van der Waals surface area (Å²) in [4.78, 5) is 4.14. The zero-order chi connectivity index (χ0) is 13.9. The Balaban J connectivity index is 2.42. The fourth-order valence-electron chi connectivity index (χ4n) is 1.73. The van der Waals surface area contributed by atoms with Gasteiger partial charge in [0.2, 0.25) is 0 Å². The highest BCUT2D eigenvalue weighted by atomic mass is 32.2. The summed E-state index contributed by atoms with van der Waals surface area (Å²) in [5.41, 5.74) is 6.80. The van der Waals surface area contributed by atoms with Crippen LogP contribution in [0.3, 0.4) is 0 Å². The molecule has 0 radical (unpaired) electrons. The van der Waals surface area contributed by atoms with Crippen molar-refractivity contribution >= 4 is 21.5 Å². The first-order valence-corrected chi connectivity index (χ1v) is 7.33. The molecule has 6 heteroatoms. The van der Waals surface area contributed by atoms with Gasteiger partial charge >= 0.3 is 0 Å². The molecule has 0 saturated carbocycles. The maximum atomic E-state index is 12.3. The molecule has 0 aliphatic heterocycles. The Hall–Kier alpha value is -2.08. The number of hydrogen-bond acceptors (Lipinski definition) is 4. The molecule has 2 aromatic rings. The Labute approximate surface area is 112 Å². The van der Waals surface area contributed by atoms with Crippen molar-refractivity contribution in [1.82, 2.24) is 4.98 Å². The first-order chi connectivity index (χ1) is 9.03. The van der Waals surface area contributed by atoms with Crippen LogP contribution in [0.15, 0.2) is 47.5 Å². The minimum atomic E-state index is -3.67. The predicted octanol–water partition coefficient (Wildman–Crippen LogP) is 2.03. The predicted molar refractivity (Wildman–Crippen MR) is 75.3 cm³/mol. The summed E-state index contributed by atoms with van der Waals surface area (Å²) in [5, 5.41) is 0. The van der Waals surface area contributed by atoms with Gasteiger partial charge in [-0.1, -0.05) is 19.1 Å². The third kappa shape index (κ3) is 3.03. The lowest BCUT2D eigenvalue weighted by molar-refractivity contribution is 0.600. The van der Waals surface area contributed by atoms with E-state index in [1.54, 1.807) is 30.3 Å². The number of sulfonamides is 1. The van der Waals surface area contributed by atoms with Gasteiger partial charge in [0.15, 0.2) is 0 Å². The van der Waals surface area contributed by atoms with Crippen LogP contribution < -0.4 is 10.5 Å². The quantitative estimate of drug-likeness (QED) is 0.837. The van der Waals surface area contributed by atoms with E-state index in [-0.39, 0.29) is 10.7 Å². The first kappa shape index (κ1) is 13.4. The maximum Gasteiger partial charge on any atom is 0.263 e. The molecule has 1 heterocycles. The molecule has 0 unspecified atom stereocenters. The van der Waals surface area contributed by atoms with Crippen LogP contribution in [0.5, 0.6) is 0 Å². The maximum absolute atomic E-state index is 12.3. The van der Waals surface area contributed by atoms with Gasteiger partial charge in [0.1, 0.15) is 5.82 Å². The molecule has 3 N–H and O–H groups in total.